The Balaban J connectivity index is 1.55. The summed E-state index contributed by atoms with van der Waals surface area (Å²) in [5, 5.41) is 2.33. The van der Waals surface area contributed by atoms with Crippen LogP contribution in [-0.4, -0.2) is 10.5 Å². The van der Waals surface area contributed by atoms with Gasteiger partial charge in [-0.2, -0.15) is 0 Å². The van der Waals surface area contributed by atoms with Crippen LogP contribution in [0.3, 0.4) is 0 Å². The van der Waals surface area contributed by atoms with Gasteiger partial charge in [0.25, 0.3) is 0 Å². The summed E-state index contributed by atoms with van der Waals surface area (Å²) in [6.45, 7) is 0.531. The molecule has 0 bridgehead atoms. The molecule has 37 heavy (non-hydrogen) atoms. The maximum absolute atomic E-state index is 12.4. The van der Waals surface area contributed by atoms with E-state index in [-0.39, 0.29) is 0 Å². The van der Waals surface area contributed by atoms with E-state index in [1.165, 1.54) is 0 Å². The highest BCUT2D eigenvalue weighted by Gasteiger charge is 2.18. The van der Waals surface area contributed by atoms with E-state index in [1.807, 2.05) is 91.0 Å². The summed E-state index contributed by atoms with van der Waals surface area (Å²) >= 11 is 6.12. The largest absolute Gasteiger partial charge is 0.457 e. The summed E-state index contributed by atoms with van der Waals surface area (Å²) in [5.41, 5.74) is 11.2. The lowest BCUT2D eigenvalue weighted by Crippen LogP contribution is -2.11. The number of halogens is 1. The van der Waals surface area contributed by atoms with Crippen LogP contribution >= 0.6 is 11.6 Å². The van der Waals surface area contributed by atoms with Crippen LogP contribution in [0.2, 0.25) is 5.02 Å². The first-order valence-electron chi connectivity index (χ1n) is 11.9. The van der Waals surface area contributed by atoms with Crippen LogP contribution < -0.4 is 10.5 Å². The summed E-state index contributed by atoms with van der Waals surface area (Å²) in [7, 11) is 0. The molecule has 6 aromatic rings. The second-order valence-electron chi connectivity index (χ2n) is 8.83. The Morgan fingerprint density at radius 1 is 0.838 bits per heavy atom. The third-order valence-electron chi connectivity index (χ3n) is 6.51. The number of carbonyl (C=O) groups excluding carboxylic acids is 1. The molecule has 0 saturated carbocycles. The fourth-order valence-electron chi connectivity index (χ4n) is 4.76. The van der Waals surface area contributed by atoms with E-state index < -0.39 is 5.91 Å². The number of primary amides is 1. The molecule has 5 heteroatoms. The van der Waals surface area contributed by atoms with Gasteiger partial charge >= 0.3 is 0 Å². The van der Waals surface area contributed by atoms with Crippen molar-refractivity contribution in [1.29, 1.82) is 0 Å². The molecule has 1 heterocycles. The zero-order valence-electron chi connectivity index (χ0n) is 19.8. The van der Waals surface area contributed by atoms with Crippen molar-refractivity contribution in [2.45, 2.75) is 6.54 Å². The van der Waals surface area contributed by atoms with E-state index in [9.17, 15) is 4.79 Å². The molecule has 0 saturated heterocycles. The van der Waals surface area contributed by atoms with E-state index in [0.29, 0.717) is 17.1 Å². The Morgan fingerprint density at radius 2 is 1.59 bits per heavy atom. The minimum absolute atomic E-state index is 0.465. The van der Waals surface area contributed by atoms with Gasteiger partial charge in [0.2, 0.25) is 5.91 Å². The number of hydrogen-bond acceptors (Lipinski definition) is 2. The third-order valence-corrected chi connectivity index (χ3v) is 6.76. The van der Waals surface area contributed by atoms with Crippen molar-refractivity contribution in [3.05, 3.63) is 131 Å². The fraction of sp³-hybridized carbons (Fsp3) is 0.0312. The quantitative estimate of drug-likeness (QED) is 0.252. The highest BCUT2D eigenvalue weighted by atomic mass is 35.5. The van der Waals surface area contributed by atoms with Gasteiger partial charge in [0, 0.05) is 26.9 Å². The minimum Gasteiger partial charge on any atom is -0.457 e. The molecule has 0 fully saturated rings. The Kier molecular flexibility index (Phi) is 5.87. The molecular weight excluding hydrogens is 480 g/mol. The van der Waals surface area contributed by atoms with E-state index in [1.54, 1.807) is 6.07 Å². The maximum atomic E-state index is 12.4. The Morgan fingerprint density at radius 3 is 2.38 bits per heavy atom. The number of ether oxygens (including phenoxy) is 1. The Labute approximate surface area is 219 Å². The molecule has 0 atom stereocenters. The molecule has 1 radical (unpaired) electrons. The van der Waals surface area contributed by atoms with Crippen molar-refractivity contribution in [2.24, 2.45) is 5.73 Å². The summed E-state index contributed by atoms with van der Waals surface area (Å²) < 4.78 is 8.44. The van der Waals surface area contributed by atoms with E-state index in [0.717, 1.165) is 50.0 Å². The maximum Gasteiger partial charge on any atom is 0.249 e. The van der Waals surface area contributed by atoms with Crippen molar-refractivity contribution in [1.82, 2.24) is 4.57 Å². The van der Waals surface area contributed by atoms with Gasteiger partial charge in [-0.05, 0) is 71.8 Å². The average Bonchev–Trinajstić information content (AvgIpc) is 3.23. The molecule has 2 N–H and O–H groups in total. The smallest absolute Gasteiger partial charge is 0.249 e. The average molecular weight is 502 g/mol. The number of hydrogen-bond donors (Lipinski definition) is 1. The van der Waals surface area contributed by atoms with Crippen LogP contribution in [0.15, 0.2) is 109 Å². The summed E-state index contributed by atoms with van der Waals surface area (Å²) in [6, 6.07) is 38.6. The van der Waals surface area contributed by atoms with Crippen LogP contribution in [0, 0.1) is 6.07 Å². The number of carbonyl (C=O) groups is 1. The molecule has 4 nitrogen and oxygen atoms in total. The van der Waals surface area contributed by atoms with Gasteiger partial charge in [-0.25, -0.2) is 0 Å². The molecular formula is C32H22ClN2O2. The monoisotopic (exact) mass is 501 g/mol. The van der Waals surface area contributed by atoms with Gasteiger partial charge in [-0.15, -0.1) is 0 Å². The molecule has 1 amide bonds. The zero-order valence-corrected chi connectivity index (χ0v) is 20.6. The van der Waals surface area contributed by atoms with Gasteiger partial charge in [0.1, 0.15) is 11.5 Å². The lowest BCUT2D eigenvalue weighted by atomic mass is 10.0. The van der Waals surface area contributed by atoms with Crippen LogP contribution in [-0.2, 0) is 6.54 Å². The molecule has 0 aliphatic carbocycles. The van der Waals surface area contributed by atoms with Crippen molar-refractivity contribution in [3.8, 4) is 22.6 Å². The second-order valence-corrected chi connectivity index (χ2v) is 9.26. The van der Waals surface area contributed by atoms with Gasteiger partial charge < -0.3 is 15.0 Å². The first-order chi connectivity index (χ1) is 18.1. The molecule has 0 aliphatic rings. The molecule has 179 valence electrons. The van der Waals surface area contributed by atoms with Gasteiger partial charge in [-0.3, -0.25) is 4.79 Å². The lowest BCUT2D eigenvalue weighted by molar-refractivity contribution is 0.100. The topological polar surface area (TPSA) is 57.2 Å². The van der Waals surface area contributed by atoms with Crippen molar-refractivity contribution in [2.75, 3.05) is 0 Å². The minimum atomic E-state index is -0.465. The van der Waals surface area contributed by atoms with Crippen LogP contribution in [0.4, 0.5) is 0 Å². The number of aromatic nitrogens is 1. The molecule has 0 spiro atoms. The molecule has 6 rings (SSSR count). The van der Waals surface area contributed by atoms with Crippen molar-refractivity contribution < 1.29 is 9.53 Å². The predicted molar refractivity (Wildman–Crippen MR) is 149 cm³/mol. The lowest BCUT2D eigenvalue weighted by Gasteiger charge is -2.14. The summed E-state index contributed by atoms with van der Waals surface area (Å²) in [4.78, 5) is 12.4. The standard InChI is InChI=1S/C32H22ClN2O2/c33-24-16-13-21(14-17-24)22-15-18-26-29(19-22)35(28-11-6-10-27(31(26)28)32(34)36)20-23-7-4-5-12-30(23)37-25-8-2-1-3-9-25/h1-17,19H,20H2,(H2,34,36). The fourth-order valence-corrected chi connectivity index (χ4v) is 4.89. The van der Waals surface area contributed by atoms with Crippen molar-refractivity contribution >= 4 is 39.3 Å². The van der Waals surface area contributed by atoms with Crippen LogP contribution in [0.1, 0.15) is 15.9 Å². The highest BCUT2D eigenvalue weighted by molar-refractivity contribution is 6.30. The van der Waals surface area contributed by atoms with E-state index >= 15 is 0 Å². The van der Waals surface area contributed by atoms with Gasteiger partial charge in [0.05, 0.1) is 17.6 Å². The first kappa shape index (κ1) is 22.9. The number of fused-ring (bicyclic) bond motifs is 3. The van der Waals surface area contributed by atoms with Gasteiger partial charge in [-0.1, -0.05) is 66.2 Å². The molecule has 0 unspecified atom stereocenters. The summed E-state index contributed by atoms with van der Waals surface area (Å²) in [5.74, 6) is 1.08. The second kappa shape index (κ2) is 9.49. The molecule has 1 aromatic heterocycles. The van der Waals surface area contributed by atoms with E-state index in [4.69, 9.17) is 22.1 Å². The summed E-state index contributed by atoms with van der Waals surface area (Å²) in [6.07, 6.45) is 0. The van der Waals surface area contributed by atoms with Crippen LogP contribution in [0.5, 0.6) is 11.5 Å². The Bertz CT molecular complexity index is 1760. The van der Waals surface area contributed by atoms with Crippen LogP contribution in [0.25, 0.3) is 32.9 Å². The third kappa shape index (κ3) is 4.32. The van der Waals surface area contributed by atoms with Crippen molar-refractivity contribution in [3.63, 3.8) is 0 Å². The van der Waals surface area contributed by atoms with Gasteiger partial charge in [0.15, 0.2) is 0 Å². The first-order valence-corrected chi connectivity index (χ1v) is 12.3. The molecule has 0 aliphatic heterocycles. The number of benzene rings is 5. The number of rotatable bonds is 6. The number of para-hydroxylation sites is 2. The van der Waals surface area contributed by atoms with E-state index in [2.05, 4.69) is 22.8 Å². The normalized spacial score (nSPS) is 11.2. The Hall–Kier alpha value is -4.54. The number of amides is 1. The highest BCUT2D eigenvalue weighted by Crippen LogP contribution is 2.36. The number of nitrogens with zero attached hydrogens (tertiary/aromatic N) is 1. The SMILES string of the molecule is NC(=O)c1cccc2c1c1[c]cc(-c3ccc(Cl)cc3)cc1n2Cc1ccccc1Oc1ccccc1. The predicted octanol–water partition coefficient (Wildman–Crippen LogP) is 7.85. The number of nitrogens with two attached hydrogens (primary N) is 1. The molecule has 5 aromatic carbocycles. The zero-order chi connectivity index (χ0) is 25.4.